The number of pyridine rings is 1. The highest BCUT2D eigenvalue weighted by Crippen LogP contribution is 2.34. The van der Waals surface area contributed by atoms with Gasteiger partial charge in [-0.15, -0.1) is 11.3 Å². The van der Waals surface area contributed by atoms with Crippen molar-refractivity contribution in [2.75, 3.05) is 0 Å². The van der Waals surface area contributed by atoms with E-state index >= 15 is 0 Å². The molecule has 0 atom stereocenters. The molecule has 0 spiro atoms. The number of halogens is 1. The molecule has 2 aromatic heterocycles. The molecule has 0 N–H and O–H groups in total. The van der Waals surface area contributed by atoms with Gasteiger partial charge in [-0.1, -0.05) is 23.7 Å². The molecule has 0 amide bonds. The Morgan fingerprint density at radius 3 is 2.50 bits per heavy atom. The fourth-order valence-electron chi connectivity index (χ4n) is 1.83. The van der Waals surface area contributed by atoms with Gasteiger partial charge in [0.25, 0.3) is 0 Å². The Hall–Kier alpha value is -2.22. The van der Waals surface area contributed by atoms with Crippen LogP contribution < -0.4 is 0 Å². The maximum atomic E-state index is 8.80. The second-order valence-electron chi connectivity index (χ2n) is 4.08. The lowest BCUT2D eigenvalue weighted by atomic mass is 10.1. The van der Waals surface area contributed by atoms with Crippen LogP contribution in [0.25, 0.3) is 21.8 Å². The minimum Gasteiger partial charge on any atom is -0.253 e. The van der Waals surface area contributed by atoms with Crippen molar-refractivity contribution in [3.05, 3.63) is 58.7 Å². The summed E-state index contributed by atoms with van der Waals surface area (Å²) in [6.45, 7) is 0. The van der Waals surface area contributed by atoms with Gasteiger partial charge in [0.15, 0.2) is 0 Å². The first-order valence-corrected chi connectivity index (χ1v) is 7.09. The van der Waals surface area contributed by atoms with Crippen molar-refractivity contribution in [2.45, 2.75) is 0 Å². The smallest absolute Gasteiger partial charge is 0.107 e. The first kappa shape index (κ1) is 12.8. The predicted octanol–water partition coefficient (Wildman–Crippen LogP) is 4.40. The quantitative estimate of drug-likeness (QED) is 0.704. The SMILES string of the molecule is N#Cc1ccc(-c2ncsc2-c2ccc(Cl)cc2)nc1. The molecule has 2 heterocycles. The fraction of sp³-hybridized carbons (Fsp3) is 0. The van der Waals surface area contributed by atoms with Gasteiger partial charge in [-0.3, -0.25) is 4.98 Å². The molecule has 0 aliphatic carbocycles. The highest BCUT2D eigenvalue weighted by atomic mass is 35.5. The molecule has 0 aliphatic rings. The van der Waals surface area contributed by atoms with Crippen LogP contribution in [-0.2, 0) is 0 Å². The molecule has 20 heavy (non-hydrogen) atoms. The zero-order valence-corrected chi connectivity index (χ0v) is 11.8. The molecule has 0 saturated heterocycles. The largest absolute Gasteiger partial charge is 0.253 e. The minimum absolute atomic E-state index is 0.539. The summed E-state index contributed by atoms with van der Waals surface area (Å²) in [5.41, 5.74) is 4.96. The molecule has 0 bridgehead atoms. The van der Waals surface area contributed by atoms with Crippen molar-refractivity contribution in [3.8, 4) is 27.9 Å². The Morgan fingerprint density at radius 2 is 1.85 bits per heavy atom. The molecule has 0 unspecified atom stereocenters. The van der Waals surface area contributed by atoms with E-state index < -0.39 is 0 Å². The molecule has 3 aromatic rings. The van der Waals surface area contributed by atoms with Crippen molar-refractivity contribution in [1.29, 1.82) is 5.26 Å². The summed E-state index contributed by atoms with van der Waals surface area (Å²) in [6, 6.07) is 13.2. The molecule has 0 saturated carbocycles. The van der Waals surface area contributed by atoms with Gasteiger partial charge >= 0.3 is 0 Å². The van der Waals surface area contributed by atoms with Gasteiger partial charge in [-0.05, 0) is 29.8 Å². The third-order valence-electron chi connectivity index (χ3n) is 2.81. The van der Waals surface area contributed by atoms with Crippen molar-refractivity contribution in [3.63, 3.8) is 0 Å². The van der Waals surface area contributed by atoms with Gasteiger partial charge in [-0.25, -0.2) is 4.98 Å². The molecule has 1 aromatic carbocycles. The average molecular weight is 298 g/mol. The third-order valence-corrected chi connectivity index (χ3v) is 3.94. The number of rotatable bonds is 2. The Kier molecular flexibility index (Phi) is 3.46. The number of thiazole rings is 1. The molecule has 0 radical (unpaired) electrons. The van der Waals surface area contributed by atoms with E-state index in [0.29, 0.717) is 10.6 Å². The van der Waals surface area contributed by atoms with Gasteiger partial charge < -0.3 is 0 Å². The van der Waals surface area contributed by atoms with E-state index in [2.05, 4.69) is 16.0 Å². The maximum Gasteiger partial charge on any atom is 0.107 e. The van der Waals surface area contributed by atoms with Crippen LogP contribution in [-0.4, -0.2) is 9.97 Å². The number of hydrogen-bond acceptors (Lipinski definition) is 4. The van der Waals surface area contributed by atoms with Crippen molar-refractivity contribution < 1.29 is 0 Å². The second kappa shape index (κ2) is 5.41. The molecule has 0 aliphatic heterocycles. The van der Waals surface area contributed by atoms with E-state index in [1.165, 1.54) is 0 Å². The number of hydrogen-bond donors (Lipinski definition) is 0. The normalized spacial score (nSPS) is 10.2. The van der Waals surface area contributed by atoms with E-state index in [0.717, 1.165) is 21.8 Å². The van der Waals surface area contributed by atoms with E-state index in [4.69, 9.17) is 16.9 Å². The van der Waals surface area contributed by atoms with Crippen LogP contribution in [0.3, 0.4) is 0 Å². The summed E-state index contributed by atoms with van der Waals surface area (Å²) in [5.74, 6) is 0. The topological polar surface area (TPSA) is 49.6 Å². The highest BCUT2D eigenvalue weighted by molar-refractivity contribution is 7.13. The highest BCUT2D eigenvalue weighted by Gasteiger charge is 2.12. The Balaban J connectivity index is 2.05. The van der Waals surface area contributed by atoms with Crippen molar-refractivity contribution in [1.82, 2.24) is 9.97 Å². The van der Waals surface area contributed by atoms with E-state index in [1.807, 2.05) is 30.3 Å². The monoisotopic (exact) mass is 297 g/mol. The fourth-order valence-corrected chi connectivity index (χ4v) is 2.77. The van der Waals surface area contributed by atoms with Crippen LogP contribution in [0.2, 0.25) is 5.02 Å². The first-order chi connectivity index (χ1) is 9.78. The molecule has 3 nitrogen and oxygen atoms in total. The van der Waals surface area contributed by atoms with Gasteiger partial charge in [0, 0.05) is 11.2 Å². The lowest BCUT2D eigenvalue weighted by Gasteiger charge is -2.02. The number of aromatic nitrogens is 2. The molecule has 3 rings (SSSR count). The third kappa shape index (κ3) is 2.42. The van der Waals surface area contributed by atoms with E-state index in [-0.39, 0.29) is 0 Å². The number of benzene rings is 1. The Morgan fingerprint density at radius 1 is 1.05 bits per heavy atom. The van der Waals surface area contributed by atoms with Crippen LogP contribution in [0.15, 0.2) is 48.1 Å². The van der Waals surface area contributed by atoms with Gasteiger partial charge in [0.2, 0.25) is 0 Å². The molecular weight excluding hydrogens is 290 g/mol. The first-order valence-electron chi connectivity index (χ1n) is 5.84. The summed E-state index contributed by atoms with van der Waals surface area (Å²) in [6.07, 6.45) is 1.56. The van der Waals surface area contributed by atoms with Gasteiger partial charge in [0.05, 0.1) is 21.6 Å². The van der Waals surface area contributed by atoms with Crippen LogP contribution in [0.4, 0.5) is 0 Å². The second-order valence-corrected chi connectivity index (χ2v) is 5.37. The summed E-state index contributed by atoms with van der Waals surface area (Å²) in [4.78, 5) is 9.71. The van der Waals surface area contributed by atoms with Crippen LogP contribution >= 0.6 is 22.9 Å². The Bertz CT molecular complexity index is 770. The standard InChI is InChI=1S/C15H8ClN3S/c16-12-4-2-11(3-5-12)15-14(19-9-20-15)13-6-1-10(7-17)8-18-13/h1-6,8-9H. The maximum absolute atomic E-state index is 8.80. The predicted molar refractivity (Wildman–Crippen MR) is 80.5 cm³/mol. The molecule has 0 fully saturated rings. The summed E-state index contributed by atoms with van der Waals surface area (Å²) in [5, 5.41) is 9.51. The van der Waals surface area contributed by atoms with Crippen molar-refractivity contribution in [2.24, 2.45) is 0 Å². The van der Waals surface area contributed by atoms with E-state index in [1.54, 1.807) is 29.1 Å². The lowest BCUT2D eigenvalue weighted by Crippen LogP contribution is -1.87. The Labute approximate surface area is 125 Å². The minimum atomic E-state index is 0.539. The van der Waals surface area contributed by atoms with Crippen LogP contribution in [0.5, 0.6) is 0 Å². The van der Waals surface area contributed by atoms with Gasteiger partial charge in [-0.2, -0.15) is 5.26 Å². The zero-order chi connectivity index (χ0) is 13.9. The average Bonchev–Trinajstić information content (AvgIpc) is 2.97. The molecule has 96 valence electrons. The van der Waals surface area contributed by atoms with E-state index in [9.17, 15) is 0 Å². The summed E-state index contributed by atoms with van der Waals surface area (Å²) < 4.78 is 0. The van der Waals surface area contributed by atoms with Crippen molar-refractivity contribution >= 4 is 22.9 Å². The zero-order valence-electron chi connectivity index (χ0n) is 10.2. The molecular formula is C15H8ClN3S. The van der Waals surface area contributed by atoms with Gasteiger partial charge in [0.1, 0.15) is 11.8 Å². The number of nitrogens with zero attached hydrogens (tertiary/aromatic N) is 3. The summed E-state index contributed by atoms with van der Waals surface area (Å²) in [7, 11) is 0. The lowest BCUT2D eigenvalue weighted by molar-refractivity contribution is 1.26. The summed E-state index contributed by atoms with van der Waals surface area (Å²) >= 11 is 7.46. The van der Waals surface area contributed by atoms with Crippen LogP contribution in [0, 0.1) is 11.3 Å². The molecule has 5 heteroatoms. The number of nitriles is 1. The van der Waals surface area contributed by atoms with Crippen LogP contribution in [0.1, 0.15) is 5.56 Å².